The number of hydrogen-bond acceptors (Lipinski definition) is 8. The minimum atomic E-state index is -2.26. The fourth-order valence-corrected chi connectivity index (χ4v) is 4.65. The summed E-state index contributed by atoms with van der Waals surface area (Å²) >= 11 is 0. The summed E-state index contributed by atoms with van der Waals surface area (Å²) < 4.78 is 29.1. The Bertz CT molecular complexity index is 1350. The first kappa shape index (κ1) is 22.3. The zero-order valence-corrected chi connectivity index (χ0v) is 19.2. The van der Waals surface area contributed by atoms with Crippen LogP contribution in [0.1, 0.15) is 10.5 Å². The summed E-state index contributed by atoms with van der Waals surface area (Å²) in [7, 11) is -2.26. The Hall–Kier alpha value is -3.48. The maximum atomic E-state index is 13.2. The van der Waals surface area contributed by atoms with Gasteiger partial charge in [0.2, 0.25) is 10.3 Å². The van der Waals surface area contributed by atoms with Crippen molar-refractivity contribution in [1.29, 1.82) is 0 Å². The average molecular weight is 485 g/mol. The van der Waals surface area contributed by atoms with Gasteiger partial charge in [0.1, 0.15) is 16.9 Å². The molecule has 0 bridgehead atoms. The standard InChI is InChI=1S/C22H24N6O5S/c29-17-3-1-2-16(12-17)18-13-28-14-19(22(30)27-6-4-25(5-7-27)15-34(31)32)24-21(28)20(23-18)26-8-10-33-11-9-26/h1-3,12-15,29H,4-11H2. The molecule has 5 rings (SSSR count). The molecule has 2 aromatic heterocycles. The van der Waals surface area contributed by atoms with Crippen LogP contribution < -0.4 is 4.90 Å². The number of ether oxygens (including phenoxy) is 1. The first-order valence-electron chi connectivity index (χ1n) is 11.0. The zero-order valence-electron chi connectivity index (χ0n) is 18.4. The average Bonchev–Trinajstić information content (AvgIpc) is 3.28. The molecule has 2 saturated heterocycles. The van der Waals surface area contributed by atoms with Gasteiger partial charge in [-0.1, -0.05) is 12.1 Å². The second-order valence-corrected chi connectivity index (χ2v) is 8.88. The van der Waals surface area contributed by atoms with E-state index in [0.717, 1.165) is 11.1 Å². The predicted octanol–water partition coefficient (Wildman–Crippen LogP) is 0.335. The van der Waals surface area contributed by atoms with E-state index in [2.05, 4.69) is 9.88 Å². The third-order valence-corrected chi connectivity index (χ3v) is 6.40. The molecule has 2 aliphatic heterocycles. The van der Waals surface area contributed by atoms with Crippen LogP contribution in [0.25, 0.3) is 16.9 Å². The van der Waals surface area contributed by atoms with Crippen LogP contribution >= 0.6 is 0 Å². The summed E-state index contributed by atoms with van der Waals surface area (Å²) in [4.78, 5) is 28.1. The zero-order chi connectivity index (χ0) is 23.7. The molecule has 34 heavy (non-hydrogen) atoms. The van der Waals surface area contributed by atoms with E-state index < -0.39 is 10.3 Å². The highest BCUT2D eigenvalue weighted by molar-refractivity contribution is 7.71. The van der Waals surface area contributed by atoms with Crippen LogP contribution in [0.15, 0.2) is 36.7 Å². The van der Waals surface area contributed by atoms with Gasteiger partial charge in [0.05, 0.1) is 18.9 Å². The number of carbonyl (C=O) groups is 1. The minimum Gasteiger partial charge on any atom is -0.508 e. The Labute approximate surface area is 197 Å². The first-order valence-corrected chi connectivity index (χ1v) is 12.1. The quantitative estimate of drug-likeness (QED) is 0.523. The Balaban J connectivity index is 1.50. The van der Waals surface area contributed by atoms with Gasteiger partial charge in [-0.3, -0.25) is 9.69 Å². The van der Waals surface area contributed by atoms with Gasteiger partial charge in [0.15, 0.2) is 11.5 Å². The normalized spacial score (nSPS) is 17.2. The van der Waals surface area contributed by atoms with Crippen LogP contribution in [0.3, 0.4) is 0 Å². The molecule has 0 spiro atoms. The lowest BCUT2D eigenvalue weighted by Crippen LogP contribution is -2.48. The van der Waals surface area contributed by atoms with E-state index in [-0.39, 0.29) is 11.7 Å². The molecule has 11 nitrogen and oxygen atoms in total. The molecule has 12 heteroatoms. The SMILES string of the molecule is O=C(c1cn2cc(-c3cccc(O)c3)nc(N3CCOCC3)c2n1)N1CCN(C=S(=O)=O)CC1. The number of carbonyl (C=O) groups excluding carboxylic acids is 1. The molecule has 1 amide bonds. The molecule has 3 aromatic rings. The molecule has 0 unspecified atom stereocenters. The smallest absolute Gasteiger partial charge is 0.274 e. The summed E-state index contributed by atoms with van der Waals surface area (Å²) in [6.07, 6.45) is 3.50. The van der Waals surface area contributed by atoms with Crippen LogP contribution in [0, 0.1) is 0 Å². The van der Waals surface area contributed by atoms with Crippen molar-refractivity contribution in [2.45, 2.75) is 0 Å². The van der Waals surface area contributed by atoms with E-state index >= 15 is 0 Å². The van der Waals surface area contributed by atoms with Gasteiger partial charge in [-0.2, -0.15) is 8.42 Å². The second kappa shape index (κ2) is 9.41. The van der Waals surface area contributed by atoms with Crippen molar-refractivity contribution in [3.8, 4) is 17.0 Å². The van der Waals surface area contributed by atoms with Gasteiger partial charge in [-0.15, -0.1) is 0 Å². The molecule has 1 N–H and O–H groups in total. The van der Waals surface area contributed by atoms with Gasteiger partial charge in [-0.05, 0) is 12.1 Å². The minimum absolute atomic E-state index is 0.144. The van der Waals surface area contributed by atoms with Crippen molar-refractivity contribution >= 4 is 33.2 Å². The molecular formula is C22H24N6O5S. The van der Waals surface area contributed by atoms with Gasteiger partial charge in [0, 0.05) is 57.2 Å². The highest BCUT2D eigenvalue weighted by Crippen LogP contribution is 2.28. The Kier molecular flexibility index (Phi) is 6.18. The number of morpholine rings is 1. The summed E-state index contributed by atoms with van der Waals surface area (Å²) in [5.41, 5.74) is 3.42. The topological polar surface area (TPSA) is 121 Å². The van der Waals surface area contributed by atoms with Crippen molar-refractivity contribution in [3.63, 3.8) is 0 Å². The van der Waals surface area contributed by atoms with Gasteiger partial charge < -0.3 is 24.0 Å². The second-order valence-electron chi connectivity index (χ2n) is 8.15. The monoisotopic (exact) mass is 484 g/mol. The van der Waals surface area contributed by atoms with Gasteiger partial charge in [-0.25, -0.2) is 9.97 Å². The van der Waals surface area contributed by atoms with E-state index in [1.54, 1.807) is 44.8 Å². The number of amides is 1. The van der Waals surface area contributed by atoms with Crippen molar-refractivity contribution in [2.75, 3.05) is 57.4 Å². The highest BCUT2D eigenvalue weighted by Gasteiger charge is 2.26. The number of phenolic OH excluding ortho intramolecular Hbond substituents is 1. The number of phenols is 1. The lowest BCUT2D eigenvalue weighted by Gasteiger charge is -2.31. The number of anilines is 1. The van der Waals surface area contributed by atoms with Crippen LogP contribution in [0.5, 0.6) is 5.75 Å². The number of nitrogens with zero attached hydrogens (tertiary/aromatic N) is 6. The van der Waals surface area contributed by atoms with E-state index in [0.29, 0.717) is 75.3 Å². The molecule has 2 fully saturated rings. The molecule has 4 heterocycles. The number of piperazine rings is 1. The van der Waals surface area contributed by atoms with Crippen molar-refractivity contribution in [1.82, 2.24) is 24.2 Å². The van der Waals surface area contributed by atoms with E-state index in [9.17, 15) is 18.3 Å². The molecule has 178 valence electrons. The largest absolute Gasteiger partial charge is 0.508 e. The van der Waals surface area contributed by atoms with Crippen molar-refractivity contribution in [3.05, 3.63) is 42.4 Å². The Morgan fingerprint density at radius 2 is 1.79 bits per heavy atom. The van der Waals surface area contributed by atoms with E-state index in [1.807, 2.05) is 6.07 Å². The van der Waals surface area contributed by atoms with Crippen LogP contribution in [-0.4, -0.2) is 102 Å². The highest BCUT2D eigenvalue weighted by atomic mass is 32.2. The molecule has 1 aromatic carbocycles. The maximum Gasteiger partial charge on any atom is 0.274 e. The van der Waals surface area contributed by atoms with Gasteiger partial charge >= 0.3 is 0 Å². The fourth-order valence-electron chi connectivity index (χ4n) is 4.19. The van der Waals surface area contributed by atoms with Gasteiger partial charge in [0.25, 0.3) is 5.91 Å². The fraction of sp³-hybridized carbons (Fsp3) is 0.364. The van der Waals surface area contributed by atoms with E-state index in [1.165, 1.54) is 0 Å². The Morgan fingerprint density at radius 3 is 2.50 bits per heavy atom. The number of aromatic hydroxyl groups is 1. The molecule has 0 aliphatic carbocycles. The van der Waals surface area contributed by atoms with Crippen LogP contribution in [0.4, 0.5) is 5.82 Å². The van der Waals surface area contributed by atoms with Crippen molar-refractivity contribution < 1.29 is 23.1 Å². The first-order chi connectivity index (χ1) is 16.5. The predicted molar refractivity (Wildman–Crippen MR) is 126 cm³/mol. The summed E-state index contributed by atoms with van der Waals surface area (Å²) in [6, 6.07) is 6.87. The number of hydrogen-bond donors (Lipinski definition) is 1. The third kappa shape index (κ3) is 4.60. The third-order valence-electron chi connectivity index (χ3n) is 5.93. The number of benzene rings is 1. The molecule has 0 saturated carbocycles. The summed E-state index contributed by atoms with van der Waals surface area (Å²) in [6.45, 7) is 4.15. The number of rotatable bonds is 4. The molecule has 0 radical (unpaired) electrons. The Morgan fingerprint density at radius 1 is 1.03 bits per heavy atom. The number of fused-ring (bicyclic) bond motifs is 1. The molecule has 2 aliphatic rings. The summed E-state index contributed by atoms with van der Waals surface area (Å²) in [5, 5.41) is 9.93. The molecule has 0 atom stereocenters. The van der Waals surface area contributed by atoms with Crippen LogP contribution in [0.2, 0.25) is 0 Å². The lowest BCUT2D eigenvalue weighted by molar-refractivity contribution is 0.0690. The number of aromatic nitrogens is 3. The van der Waals surface area contributed by atoms with E-state index in [4.69, 9.17) is 9.72 Å². The number of imidazole rings is 1. The van der Waals surface area contributed by atoms with Crippen molar-refractivity contribution in [2.24, 2.45) is 0 Å². The maximum absolute atomic E-state index is 13.2. The molecular weight excluding hydrogens is 460 g/mol. The summed E-state index contributed by atoms with van der Waals surface area (Å²) in [5.74, 6) is 0.588. The lowest BCUT2D eigenvalue weighted by atomic mass is 10.1. The van der Waals surface area contributed by atoms with Crippen LogP contribution in [-0.2, 0) is 15.0 Å².